The molecule has 0 bridgehead atoms. The zero-order valence-electron chi connectivity index (χ0n) is 7.96. The number of rotatable bonds is 2. The molecule has 0 aromatic heterocycles. The van der Waals surface area contributed by atoms with Crippen LogP contribution in [0, 0.1) is 6.92 Å². The third-order valence-electron chi connectivity index (χ3n) is 2.11. The zero-order chi connectivity index (χ0) is 9.14. The topological polar surface area (TPSA) is 29.3 Å². The molecule has 2 heteroatoms. The Morgan fingerprint density at radius 2 is 2.08 bits per heavy atom. The number of hydrogen-bond donors (Lipinski definition) is 1. The van der Waals surface area contributed by atoms with Crippen molar-refractivity contribution in [3.63, 3.8) is 0 Å². The highest BCUT2D eigenvalue weighted by molar-refractivity contribution is 5.58. The molecule has 0 fully saturated rings. The normalized spacial score (nSPS) is 9.92. The molecule has 0 saturated carbocycles. The minimum Gasteiger partial charge on any atom is -0.399 e. The number of aryl methyl sites for hydroxylation is 1. The molecule has 0 aliphatic heterocycles. The lowest BCUT2D eigenvalue weighted by Gasteiger charge is -2.19. The van der Waals surface area contributed by atoms with Gasteiger partial charge in [0.25, 0.3) is 0 Å². The number of nitrogen functional groups attached to an aromatic ring is 1. The monoisotopic (exact) mass is 164 g/mol. The van der Waals surface area contributed by atoms with Crippen molar-refractivity contribution in [2.45, 2.75) is 13.8 Å². The minimum atomic E-state index is 0.834. The first-order valence-corrected chi connectivity index (χ1v) is 4.22. The van der Waals surface area contributed by atoms with Crippen molar-refractivity contribution in [2.24, 2.45) is 0 Å². The molecule has 0 radical (unpaired) electrons. The third-order valence-corrected chi connectivity index (χ3v) is 2.11. The maximum atomic E-state index is 5.65. The van der Waals surface area contributed by atoms with Crippen LogP contribution in [0.5, 0.6) is 0 Å². The molecule has 2 N–H and O–H groups in total. The predicted molar refractivity (Wildman–Crippen MR) is 54.5 cm³/mol. The third kappa shape index (κ3) is 1.70. The van der Waals surface area contributed by atoms with Crippen LogP contribution in [0.15, 0.2) is 18.2 Å². The van der Waals surface area contributed by atoms with Gasteiger partial charge < -0.3 is 10.6 Å². The standard InChI is InChI=1S/C10H16N2/c1-4-12(3)10-6-5-9(11)7-8(10)2/h5-7H,4,11H2,1-3H3. The average molecular weight is 164 g/mol. The van der Waals surface area contributed by atoms with Gasteiger partial charge in [0.1, 0.15) is 0 Å². The van der Waals surface area contributed by atoms with Gasteiger partial charge in [-0.1, -0.05) is 0 Å². The molecule has 2 nitrogen and oxygen atoms in total. The molecule has 0 heterocycles. The van der Waals surface area contributed by atoms with Gasteiger partial charge in [-0.2, -0.15) is 0 Å². The second-order valence-corrected chi connectivity index (χ2v) is 3.06. The molecule has 1 aromatic carbocycles. The highest BCUT2D eigenvalue weighted by Gasteiger charge is 2.01. The summed E-state index contributed by atoms with van der Waals surface area (Å²) in [4.78, 5) is 2.20. The molecular weight excluding hydrogens is 148 g/mol. The van der Waals surface area contributed by atoms with E-state index in [0.717, 1.165) is 12.2 Å². The van der Waals surface area contributed by atoms with E-state index in [1.807, 2.05) is 12.1 Å². The summed E-state index contributed by atoms with van der Waals surface area (Å²) in [5.41, 5.74) is 8.98. The minimum absolute atomic E-state index is 0.834. The van der Waals surface area contributed by atoms with Crippen molar-refractivity contribution >= 4 is 11.4 Å². The quantitative estimate of drug-likeness (QED) is 0.678. The van der Waals surface area contributed by atoms with Gasteiger partial charge in [-0.25, -0.2) is 0 Å². The Morgan fingerprint density at radius 1 is 1.42 bits per heavy atom. The summed E-state index contributed by atoms with van der Waals surface area (Å²) in [5.74, 6) is 0. The van der Waals surface area contributed by atoms with Crippen LogP contribution >= 0.6 is 0 Å². The molecule has 0 unspecified atom stereocenters. The number of nitrogens with two attached hydrogens (primary N) is 1. The van der Waals surface area contributed by atoms with Crippen molar-refractivity contribution in [2.75, 3.05) is 24.2 Å². The Kier molecular flexibility index (Phi) is 2.58. The van der Waals surface area contributed by atoms with E-state index in [9.17, 15) is 0 Å². The van der Waals surface area contributed by atoms with Crippen LogP contribution in [0.25, 0.3) is 0 Å². The van der Waals surface area contributed by atoms with E-state index in [2.05, 4.69) is 31.9 Å². The van der Waals surface area contributed by atoms with E-state index in [0.29, 0.717) is 0 Å². The number of nitrogens with zero attached hydrogens (tertiary/aromatic N) is 1. The summed E-state index contributed by atoms with van der Waals surface area (Å²) in [6.45, 7) is 5.23. The van der Waals surface area contributed by atoms with Crippen molar-refractivity contribution in [3.8, 4) is 0 Å². The zero-order valence-corrected chi connectivity index (χ0v) is 7.96. The Labute approximate surface area is 74.0 Å². The molecule has 1 aromatic rings. The maximum Gasteiger partial charge on any atom is 0.0394 e. The molecule has 0 amide bonds. The number of anilines is 2. The lowest BCUT2D eigenvalue weighted by molar-refractivity contribution is 0.961. The predicted octanol–water partition coefficient (Wildman–Crippen LogP) is 2.03. The van der Waals surface area contributed by atoms with Crippen LogP contribution in [0.2, 0.25) is 0 Å². The van der Waals surface area contributed by atoms with Crippen LogP contribution in [0.1, 0.15) is 12.5 Å². The molecule has 66 valence electrons. The Morgan fingerprint density at radius 3 is 2.58 bits per heavy atom. The van der Waals surface area contributed by atoms with Crippen molar-refractivity contribution in [3.05, 3.63) is 23.8 Å². The van der Waals surface area contributed by atoms with Crippen molar-refractivity contribution in [1.82, 2.24) is 0 Å². The van der Waals surface area contributed by atoms with E-state index in [1.165, 1.54) is 11.3 Å². The number of hydrogen-bond acceptors (Lipinski definition) is 2. The second kappa shape index (κ2) is 3.48. The molecule has 0 aliphatic carbocycles. The largest absolute Gasteiger partial charge is 0.399 e. The van der Waals surface area contributed by atoms with Crippen molar-refractivity contribution in [1.29, 1.82) is 0 Å². The first-order chi connectivity index (χ1) is 5.65. The van der Waals surface area contributed by atoms with Crippen LogP contribution in [-0.4, -0.2) is 13.6 Å². The van der Waals surface area contributed by atoms with Crippen LogP contribution in [0.3, 0.4) is 0 Å². The maximum absolute atomic E-state index is 5.65. The second-order valence-electron chi connectivity index (χ2n) is 3.06. The number of benzene rings is 1. The van der Waals surface area contributed by atoms with E-state index >= 15 is 0 Å². The van der Waals surface area contributed by atoms with Crippen molar-refractivity contribution < 1.29 is 0 Å². The van der Waals surface area contributed by atoms with Gasteiger partial charge in [0, 0.05) is 25.0 Å². The molecule has 0 spiro atoms. The fraction of sp³-hybridized carbons (Fsp3) is 0.400. The van der Waals surface area contributed by atoms with Crippen LogP contribution < -0.4 is 10.6 Å². The Hall–Kier alpha value is -1.18. The molecular formula is C10H16N2. The Bertz CT molecular complexity index is 269. The molecule has 12 heavy (non-hydrogen) atoms. The van der Waals surface area contributed by atoms with Crippen LogP contribution in [-0.2, 0) is 0 Å². The Balaban J connectivity index is 3.01. The lowest BCUT2D eigenvalue weighted by atomic mass is 10.1. The molecule has 0 saturated heterocycles. The van der Waals surface area contributed by atoms with E-state index in [4.69, 9.17) is 5.73 Å². The SMILES string of the molecule is CCN(C)c1ccc(N)cc1C. The van der Waals surface area contributed by atoms with E-state index in [-0.39, 0.29) is 0 Å². The highest BCUT2D eigenvalue weighted by Crippen LogP contribution is 2.20. The van der Waals surface area contributed by atoms with Gasteiger partial charge in [0.15, 0.2) is 0 Å². The summed E-state index contributed by atoms with van der Waals surface area (Å²) in [7, 11) is 2.08. The summed E-state index contributed by atoms with van der Waals surface area (Å²) in [6, 6.07) is 6.00. The summed E-state index contributed by atoms with van der Waals surface area (Å²) < 4.78 is 0. The lowest BCUT2D eigenvalue weighted by Crippen LogP contribution is -2.16. The van der Waals surface area contributed by atoms with Gasteiger partial charge in [-0.15, -0.1) is 0 Å². The average Bonchev–Trinajstić information content (AvgIpc) is 2.03. The smallest absolute Gasteiger partial charge is 0.0394 e. The van der Waals surface area contributed by atoms with Gasteiger partial charge >= 0.3 is 0 Å². The summed E-state index contributed by atoms with van der Waals surface area (Å²) in [5, 5.41) is 0. The van der Waals surface area contributed by atoms with E-state index < -0.39 is 0 Å². The fourth-order valence-electron chi connectivity index (χ4n) is 1.28. The first kappa shape index (κ1) is 8.91. The van der Waals surface area contributed by atoms with Gasteiger partial charge in [-0.3, -0.25) is 0 Å². The molecule has 0 aliphatic rings. The fourth-order valence-corrected chi connectivity index (χ4v) is 1.28. The summed E-state index contributed by atoms with van der Waals surface area (Å²) >= 11 is 0. The summed E-state index contributed by atoms with van der Waals surface area (Å²) in [6.07, 6.45) is 0. The molecule has 1 rings (SSSR count). The molecule has 0 atom stereocenters. The first-order valence-electron chi connectivity index (χ1n) is 4.22. The van der Waals surface area contributed by atoms with E-state index in [1.54, 1.807) is 0 Å². The van der Waals surface area contributed by atoms with Crippen LogP contribution in [0.4, 0.5) is 11.4 Å². The van der Waals surface area contributed by atoms with Gasteiger partial charge in [-0.05, 0) is 37.6 Å². The van der Waals surface area contributed by atoms with Gasteiger partial charge in [0.05, 0.1) is 0 Å². The highest BCUT2D eigenvalue weighted by atomic mass is 15.1. The van der Waals surface area contributed by atoms with Gasteiger partial charge in [0.2, 0.25) is 0 Å².